The second kappa shape index (κ2) is 7.53. The number of pyridine rings is 1. The fraction of sp³-hybridized carbons (Fsp3) is 0.619. The summed E-state index contributed by atoms with van der Waals surface area (Å²) in [6, 6.07) is 2.14. The lowest BCUT2D eigenvalue weighted by Gasteiger charge is -2.42. The number of H-pyrrole nitrogens is 1. The van der Waals surface area contributed by atoms with E-state index in [1.54, 1.807) is 25.1 Å². The van der Waals surface area contributed by atoms with Gasteiger partial charge in [0.2, 0.25) is 10.0 Å². The van der Waals surface area contributed by atoms with Gasteiger partial charge in [0.25, 0.3) is 0 Å². The molecule has 2 saturated heterocycles. The van der Waals surface area contributed by atoms with Crippen LogP contribution < -0.4 is 0 Å². The summed E-state index contributed by atoms with van der Waals surface area (Å²) in [6.07, 6.45) is 4.97. The van der Waals surface area contributed by atoms with E-state index in [9.17, 15) is 13.2 Å². The molecule has 0 saturated carbocycles. The summed E-state index contributed by atoms with van der Waals surface area (Å²) in [5.74, 6) is 0.313. The van der Waals surface area contributed by atoms with Crippen molar-refractivity contribution in [3.63, 3.8) is 0 Å². The van der Waals surface area contributed by atoms with E-state index in [2.05, 4.69) is 16.0 Å². The van der Waals surface area contributed by atoms with Crippen LogP contribution in [0, 0.1) is 6.92 Å². The fourth-order valence-electron chi connectivity index (χ4n) is 4.20. The molecule has 0 bridgehead atoms. The Morgan fingerprint density at radius 2 is 1.90 bits per heavy atom. The predicted molar refractivity (Wildman–Crippen MR) is 115 cm³/mol. The van der Waals surface area contributed by atoms with Crippen molar-refractivity contribution in [3.8, 4) is 0 Å². The summed E-state index contributed by atoms with van der Waals surface area (Å²) in [7, 11) is -3.41. The molecular formula is C21H30N4O4S. The van der Waals surface area contributed by atoms with Gasteiger partial charge in [0, 0.05) is 44.0 Å². The lowest BCUT2D eigenvalue weighted by atomic mass is 9.90. The van der Waals surface area contributed by atoms with Gasteiger partial charge in [-0.05, 0) is 63.6 Å². The number of hydrogen-bond acceptors (Lipinski definition) is 5. The Morgan fingerprint density at radius 3 is 2.53 bits per heavy atom. The van der Waals surface area contributed by atoms with Crippen molar-refractivity contribution in [2.24, 2.45) is 0 Å². The second-order valence-corrected chi connectivity index (χ2v) is 11.6. The maximum absolute atomic E-state index is 13.0. The highest BCUT2D eigenvalue weighted by molar-refractivity contribution is 7.89. The highest BCUT2D eigenvalue weighted by Crippen LogP contribution is 2.35. The number of fused-ring (bicyclic) bond motifs is 1. The molecule has 2 aliphatic heterocycles. The van der Waals surface area contributed by atoms with E-state index in [-0.39, 0.29) is 13.1 Å². The summed E-state index contributed by atoms with van der Waals surface area (Å²) in [6.45, 7) is 8.83. The quantitative estimate of drug-likeness (QED) is 0.801. The molecule has 1 amide bonds. The van der Waals surface area contributed by atoms with E-state index in [0.29, 0.717) is 19.0 Å². The van der Waals surface area contributed by atoms with Gasteiger partial charge in [-0.1, -0.05) is 0 Å². The van der Waals surface area contributed by atoms with Gasteiger partial charge in [-0.3, -0.25) is 0 Å². The molecule has 2 fully saturated rings. The minimum atomic E-state index is -3.41. The molecule has 0 aliphatic carbocycles. The van der Waals surface area contributed by atoms with Gasteiger partial charge >= 0.3 is 6.09 Å². The Kier molecular flexibility index (Phi) is 5.30. The number of ether oxygens (including phenoxy) is 1. The number of likely N-dealkylation sites (tertiary alicyclic amines) is 1. The summed E-state index contributed by atoms with van der Waals surface area (Å²) in [5, 5.41) is 0.588. The Morgan fingerprint density at radius 1 is 1.23 bits per heavy atom. The maximum atomic E-state index is 13.0. The molecule has 8 nitrogen and oxygen atoms in total. The molecule has 30 heavy (non-hydrogen) atoms. The minimum Gasteiger partial charge on any atom is -0.444 e. The van der Waals surface area contributed by atoms with Gasteiger partial charge in [0.15, 0.2) is 0 Å². The molecule has 0 unspecified atom stereocenters. The average Bonchev–Trinajstić information content (AvgIpc) is 3.01. The molecule has 164 valence electrons. The van der Waals surface area contributed by atoms with Crippen LogP contribution in [-0.2, 0) is 14.8 Å². The van der Waals surface area contributed by atoms with Crippen LogP contribution >= 0.6 is 0 Å². The van der Waals surface area contributed by atoms with E-state index in [0.717, 1.165) is 29.4 Å². The van der Waals surface area contributed by atoms with E-state index >= 15 is 0 Å². The number of carbonyl (C=O) groups excluding carboxylic acids is 1. The lowest BCUT2D eigenvalue weighted by molar-refractivity contribution is 0.0135. The Labute approximate surface area is 177 Å². The number of hydrogen-bond donors (Lipinski definition) is 1. The number of carbonyl (C=O) groups is 1. The van der Waals surface area contributed by atoms with Crippen LogP contribution in [0.1, 0.15) is 50.7 Å². The van der Waals surface area contributed by atoms with E-state index in [1.165, 1.54) is 10.5 Å². The fourth-order valence-corrected chi connectivity index (χ4v) is 6.08. The van der Waals surface area contributed by atoms with Gasteiger partial charge in [-0.15, -0.1) is 0 Å². The summed E-state index contributed by atoms with van der Waals surface area (Å²) in [5.41, 5.74) is 2.63. The van der Waals surface area contributed by atoms with Gasteiger partial charge in [-0.25, -0.2) is 22.5 Å². The number of aryl methyl sites for hydroxylation is 1. The van der Waals surface area contributed by atoms with Crippen LogP contribution in [0.4, 0.5) is 4.79 Å². The van der Waals surface area contributed by atoms with E-state index < -0.39 is 27.0 Å². The van der Waals surface area contributed by atoms with Crippen LogP contribution in [0.3, 0.4) is 0 Å². The zero-order valence-corrected chi connectivity index (χ0v) is 18.8. The van der Waals surface area contributed by atoms with Crippen LogP contribution in [0.15, 0.2) is 18.5 Å². The number of piperidine rings is 1. The van der Waals surface area contributed by atoms with Crippen LogP contribution in [-0.4, -0.2) is 70.7 Å². The molecule has 2 aromatic heterocycles. The first-order valence-electron chi connectivity index (χ1n) is 10.4. The molecule has 2 aliphatic rings. The first-order chi connectivity index (χ1) is 14.0. The first kappa shape index (κ1) is 21.1. The molecule has 0 radical (unpaired) electrons. The summed E-state index contributed by atoms with van der Waals surface area (Å²) < 4.78 is 32.9. The molecule has 9 heteroatoms. The minimum absolute atomic E-state index is 0.199. The summed E-state index contributed by atoms with van der Waals surface area (Å²) >= 11 is 0. The van der Waals surface area contributed by atoms with Gasteiger partial charge in [0.05, 0.1) is 0 Å². The third kappa shape index (κ3) is 4.05. The number of nitrogens with one attached hydrogen (secondary N) is 1. The number of aromatic nitrogens is 2. The van der Waals surface area contributed by atoms with Crippen molar-refractivity contribution in [1.82, 2.24) is 19.2 Å². The maximum Gasteiger partial charge on any atom is 0.410 e. The Bertz CT molecular complexity index is 1040. The molecule has 4 heterocycles. The topological polar surface area (TPSA) is 95.6 Å². The molecule has 4 rings (SSSR count). The monoisotopic (exact) mass is 434 g/mol. The van der Waals surface area contributed by atoms with Crippen molar-refractivity contribution < 1.29 is 17.9 Å². The number of nitrogens with zero attached hydrogens (tertiary/aromatic N) is 3. The molecule has 0 aromatic carbocycles. The molecule has 1 N–H and O–H groups in total. The van der Waals surface area contributed by atoms with Gasteiger partial charge < -0.3 is 14.6 Å². The predicted octanol–water partition coefficient (Wildman–Crippen LogP) is 3.00. The average molecular weight is 435 g/mol. The van der Waals surface area contributed by atoms with Gasteiger partial charge in [-0.2, -0.15) is 0 Å². The molecule has 0 spiro atoms. The number of sulfonamides is 1. The zero-order chi connectivity index (χ0) is 21.7. The number of amides is 1. The number of rotatable bonds is 3. The van der Waals surface area contributed by atoms with Crippen LogP contribution in [0.5, 0.6) is 0 Å². The molecular weight excluding hydrogens is 404 g/mol. The van der Waals surface area contributed by atoms with E-state index in [4.69, 9.17) is 4.74 Å². The Balaban J connectivity index is 1.36. The summed E-state index contributed by atoms with van der Waals surface area (Å²) in [4.78, 5) is 21.2. The van der Waals surface area contributed by atoms with Crippen LogP contribution in [0.25, 0.3) is 11.0 Å². The van der Waals surface area contributed by atoms with Crippen molar-refractivity contribution in [2.75, 3.05) is 26.2 Å². The largest absolute Gasteiger partial charge is 0.444 e. The van der Waals surface area contributed by atoms with Gasteiger partial charge in [0.1, 0.15) is 16.5 Å². The van der Waals surface area contributed by atoms with Crippen molar-refractivity contribution in [3.05, 3.63) is 29.6 Å². The van der Waals surface area contributed by atoms with Crippen LogP contribution in [0.2, 0.25) is 0 Å². The Hall–Kier alpha value is -2.13. The highest BCUT2D eigenvalue weighted by Gasteiger charge is 2.44. The highest BCUT2D eigenvalue weighted by atomic mass is 32.2. The second-order valence-electron chi connectivity index (χ2n) is 9.38. The standard InChI is InChI=1S/C21H30N4O4S/c1-14-9-17-18(11-23-19(17)22-10-14)15-5-7-25(8-6-15)30(27,28)16-12-24(13-16)20(26)29-21(2,3)4/h9-11,15-16H,5-8,12-13H2,1-4H3,(H,22,23). The third-order valence-electron chi connectivity index (χ3n) is 5.87. The van der Waals surface area contributed by atoms with E-state index in [1.807, 2.05) is 19.3 Å². The molecule has 0 atom stereocenters. The zero-order valence-electron chi connectivity index (χ0n) is 18.0. The number of aromatic amines is 1. The lowest BCUT2D eigenvalue weighted by Crippen LogP contribution is -2.61. The third-order valence-corrected chi connectivity index (χ3v) is 8.10. The normalized spacial score (nSPS) is 19.8. The molecule has 2 aromatic rings. The smallest absolute Gasteiger partial charge is 0.410 e. The SMILES string of the molecule is Cc1cnc2[nH]cc(C3CCN(S(=O)(=O)C4CN(C(=O)OC(C)(C)C)C4)CC3)c2c1. The van der Waals surface area contributed by atoms with Crippen molar-refractivity contribution in [1.29, 1.82) is 0 Å². The van der Waals surface area contributed by atoms with Crippen molar-refractivity contribution >= 4 is 27.1 Å². The first-order valence-corrected chi connectivity index (χ1v) is 12.0. The van der Waals surface area contributed by atoms with Crippen molar-refractivity contribution in [2.45, 2.75) is 57.3 Å².